The maximum Gasteiger partial charge on any atom is 0.0616 e. The number of hydrogen-bond acceptors (Lipinski definition) is 2. The first-order chi connectivity index (χ1) is 7.25. The molecule has 1 heterocycles. The Bertz CT molecular complexity index is 329. The van der Waals surface area contributed by atoms with Crippen molar-refractivity contribution in [1.82, 2.24) is 0 Å². The van der Waals surface area contributed by atoms with Gasteiger partial charge in [0.2, 0.25) is 0 Å². The predicted molar refractivity (Wildman–Crippen MR) is 62.9 cm³/mol. The lowest BCUT2D eigenvalue weighted by Crippen LogP contribution is -2.21. The van der Waals surface area contributed by atoms with Crippen LogP contribution >= 0.6 is 0 Å². The molecule has 1 fully saturated rings. The van der Waals surface area contributed by atoms with Crippen molar-refractivity contribution in [3.63, 3.8) is 0 Å². The van der Waals surface area contributed by atoms with Crippen molar-refractivity contribution in [3.8, 4) is 0 Å². The summed E-state index contributed by atoms with van der Waals surface area (Å²) >= 11 is 0. The van der Waals surface area contributed by atoms with E-state index in [0.717, 1.165) is 18.7 Å². The molecular weight excluding hydrogens is 186 g/mol. The van der Waals surface area contributed by atoms with Gasteiger partial charge in [0.05, 0.1) is 6.10 Å². The van der Waals surface area contributed by atoms with Gasteiger partial charge >= 0.3 is 0 Å². The molecule has 1 aliphatic heterocycles. The van der Waals surface area contributed by atoms with E-state index in [9.17, 15) is 0 Å². The average Bonchev–Trinajstić information content (AvgIpc) is 2.24. The molecule has 0 amide bonds. The zero-order valence-electron chi connectivity index (χ0n) is 9.33. The minimum absolute atomic E-state index is 0.378. The van der Waals surface area contributed by atoms with Crippen LogP contribution in [0.15, 0.2) is 18.2 Å². The molecule has 0 spiro atoms. The Balaban J connectivity index is 2.03. The fourth-order valence-corrected chi connectivity index (χ4v) is 2.11. The van der Waals surface area contributed by atoms with E-state index in [0.29, 0.717) is 6.10 Å². The highest BCUT2D eigenvalue weighted by atomic mass is 16.5. The molecular formula is C13H19NO. The molecule has 82 valence electrons. The van der Waals surface area contributed by atoms with E-state index in [-0.39, 0.29) is 0 Å². The number of ether oxygens (including phenoxy) is 1. The van der Waals surface area contributed by atoms with Crippen LogP contribution in [0.5, 0.6) is 0 Å². The lowest BCUT2D eigenvalue weighted by Gasteiger charge is -2.23. The minimum atomic E-state index is 0.378. The van der Waals surface area contributed by atoms with Crippen molar-refractivity contribution in [2.24, 2.45) is 0 Å². The van der Waals surface area contributed by atoms with E-state index in [1.165, 1.54) is 30.4 Å². The molecule has 0 bridgehead atoms. The summed E-state index contributed by atoms with van der Waals surface area (Å²) in [5, 5.41) is 0. The van der Waals surface area contributed by atoms with Crippen molar-refractivity contribution in [3.05, 3.63) is 29.3 Å². The van der Waals surface area contributed by atoms with E-state index in [2.05, 4.69) is 19.1 Å². The van der Waals surface area contributed by atoms with Crippen LogP contribution in [-0.2, 0) is 11.2 Å². The molecule has 2 N–H and O–H groups in total. The topological polar surface area (TPSA) is 35.2 Å². The van der Waals surface area contributed by atoms with Crippen LogP contribution in [0.1, 0.15) is 30.4 Å². The van der Waals surface area contributed by atoms with Gasteiger partial charge in [-0.3, -0.25) is 0 Å². The molecule has 1 aromatic carbocycles. The summed E-state index contributed by atoms with van der Waals surface area (Å²) < 4.78 is 5.71. The third-order valence-electron chi connectivity index (χ3n) is 3.02. The Hall–Kier alpha value is -1.02. The molecule has 0 radical (unpaired) electrons. The van der Waals surface area contributed by atoms with Gasteiger partial charge in [-0.25, -0.2) is 0 Å². The second-order valence-corrected chi connectivity index (χ2v) is 4.39. The zero-order chi connectivity index (χ0) is 10.7. The average molecular weight is 205 g/mol. The highest BCUT2D eigenvalue weighted by Crippen LogP contribution is 2.21. The summed E-state index contributed by atoms with van der Waals surface area (Å²) in [4.78, 5) is 0. The molecule has 1 unspecified atom stereocenters. The van der Waals surface area contributed by atoms with Crippen LogP contribution in [0.2, 0.25) is 0 Å². The maximum absolute atomic E-state index is 5.98. The summed E-state index contributed by atoms with van der Waals surface area (Å²) in [6.45, 7) is 2.98. The maximum atomic E-state index is 5.98. The first-order valence-electron chi connectivity index (χ1n) is 5.72. The Kier molecular flexibility index (Phi) is 3.27. The monoisotopic (exact) mass is 205 g/mol. The van der Waals surface area contributed by atoms with Gasteiger partial charge < -0.3 is 10.5 Å². The number of anilines is 1. The first-order valence-corrected chi connectivity index (χ1v) is 5.72. The molecule has 1 saturated heterocycles. The van der Waals surface area contributed by atoms with Crippen LogP contribution in [0.25, 0.3) is 0 Å². The Labute approximate surface area is 91.4 Å². The van der Waals surface area contributed by atoms with Crippen molar-refractivity contribution < 1.29 is 4.74 Å². The number of nitrogens with two attached hydrogens (primary N) is 1. The standard InChI is InChI=1S/C13H19NO/c1-10-5-6-11(13(14)8-10)9-12-4-2-3-7-15-12/h5-6,8,12H,2-4,7,9,14H2,1H3. The summed E-state index contributed by atoms with van der Waals surface area (Å²) in [6, 6.07) is 6.29. The van der Waals surface area contributed by atoms with Gasteiger partial charge in [-0.05, 0) is 43.4 Å². The molecule has 15 heavy (non-hydrogen) atoms. The molecule has 2 rings (SSSR count). The molecule has 1 aliphatic rings. The normalized spacial score (nSPS) is 21.5. The summed E-state index contributed by atoms with van der Waals surface area (Å²) in [6.07, 6.45) is 5.01. The van der Waals surface area contributed by atoms with E-state index in [4.69, 9.17) is 10.5 Å². The van der Waals surface area contributed by atoms with Gasteiger partial charge in [-0.2, -0.15) is 0 Å². The van der Waals surface area contributed by atoms with Gasteiger partial charge in [0.25, 0.3) is 0 Å². The van der Waals surface area contributed by atoms with Crippen molar-refractivity contribution >= 4 is 5.69 Å². The van der Waals surface area contributed by atoms with Gasteiger partial charge in [0, 0.05) is 18.7 Å². The van der Waals surface area contributed by atoms with E-state index >= 15 is 0 Å². The van der Waals surface area contributed by atoms with E-state index in [1.54, 1.807) is 0 Å². The van der Waals surface area contributed by atoms with Gasteiger partial charge in [-0.15, -0.1) is 0 Å². The highest BCUT2D eigenvalue weighted by molar-refractivity contribution is 5.49. The van der Waals surface area contributed by atoms with Crippen molar-refractivity contribution in [2.75, 3.05) is 12.3 Å². The van der Waals surface area contributed by atoms with E-state index in [1.807, 2.05) is 6.07 Å². The molecule has 2 nitrogen and oxygen atoms in total. The van der Waals surface area contributed by atoms with Gasteiger partial charge in [-0.1, -0.05) is 12.1 Å². The van der Waals surface area contributed by atoms with Gasteiger partial charge in [0.1, 0.15) is 0 Å². The lowest BCUT2D eigenvalue weighted by molar-refractivity contribution is 0.0169. The molecule has 0 aromatic heterocycles. The van der Waals surface area contributed by atoms with Crippen molar-refractivity contribution in [1.29, 1.82) is 0 Å². The molecule has 0 saturated carbocycles. The van der Waals surface area contributed by atoms with Crippen LogP contribution in [0.4, 0.5) is 5.69 Å². The second kappa shape index (κ2) is 4.67. The minimum Gasteiger partial charge on any atom is -0.398 e. The number of hydrogen-bond donors (Lipinski definition) is 1. The van der Waals surface area contributed by atoms with Crippen LogP contribution in [0, 0.1) is 6.92 Å². The lowest BCUT2D eigenvalue weighted by atomic mass is 9.99. The molecule has 0 aliphatic carbocycles. The van der Waals surface area contributed by atoms with Crippen LogP contribution in [-0.4, -0.2) is 12.7 Å². The third-order valence-corrected chi connectivity index (χ3v) is 3.02. The summed E-state index contributed by atoms with van der Waals surface area (Å²) in [5.41, 5.74) is 9.34. The fourth-order valence-electron chi connectivity index (χ4n) is 2.11. The fraction of sp³-hybridized carbons (Fsp3) is 0.538. The molecule has 2 heteroatoms. The summed E-state index contributed by atoms with van der Waals surface area (Å²) in [5.74, 6) is 0. The number of aryl methyl sites for hydroxylation is 1. The number of nitrogen functional groups attached to an aromatic ring is 1. The third kappa shape index (κ3) is 2.72. The SMILES string of the molecule is Cc1ccc(CC2CCCCO2)c(N)c1. The zero-order valence-corrected chi connectivity index (χ0v) is 9.33. The largest absolute Gasteiger partial charge is 0.398 e. The van der Waals surface area contributed by atoms with Crippen LogP contribution in [0.3, 0.4) is 0 Å². The highest BCUT2D eigenvalue weighted by Gasteiger charge is 2.15. The Morgan fingerprint density at radius 3 is 2.93 bits per heavy atom. The Morgan fingerprint density at radius 1 is 1.40 bits per heavy atom. The summed E-state index contributed by atoms with van der Waals surface area (Å²) in [7, 11) is 0. The first kappa shape index (κ1) is 10.5. The van der Waals surface area contributed by atoms with Crippen molar-refractivity contribution in [2.45, 2.75) is 38.7 Å². The van der Waals surface area contributed by atoms with Gasteiger partial charge in [0.15, 0.2) is 0 Å². The van der Waals surface area contributed by atoms with Crippen LogP contribution < -0.4 is 5.73 Å². The molecule has 1 atom stereocenters. The quantitative estimate of drug-likeness (QED) is 0.753. The van der Waals surface area contributed by atoms with E-state index < -0.39 is 0 Å². The second-order valence-electron chi connectivity index (χ2n) is 4.39. The number of rotatable bonds is 2. The number of benzene rings is 1. The predicted octanol–water partition coefficient (Wildman–Crippen LogP) is 2.69. The smallest absolute Gasteiger partial charge is 0.0616 e. The molecule has 1 aromatic rings. The Morgan fingerprint density at radius 2 is 2.27 bits per heavy atom.